The maximum absolute atomic E-state index is 4.27. The molecule has 2 aromatic heterocycles. The number of H-pyrrole nitrogens is 1. The van der Waals surface area contributed by atoms with Crippen molar-refractivity contribution in [1.29, 1.82) is 0 Å². The van der Waals surface area contributed by atoms with Crippen LogP contribution in [0.3, 0.4) is 0 Å². The first-order chi connectivity index (χ1) is 11.0. The summed E-state index contributed by atoms with van der Waals surface area (Å²) >= 11 is 0. The highest BCUT2D eigenvalue weighted by Gasteiger charge is 2.07. The summed E-state index contributed by atoms with van der Waals surface area (Å²) in [4.78, 5) is 2.40. The van der Waals surface area contributed by atoms with E-state index in [1.165, 1.54) is 27.7 Å². The van der Waals surface area contributed by atoms with E-state index in [0.717, 1.165) is 31.6 Å². The number of nitrogens with zero attached hydrogens (tertiary/aromatic N) is 3. The number of aromatic nitrogens is 3. The molecule has 0 atom stereocenters. The van der Waals surface area contributed by atoms with Crippen molar-refractivity contribution in [2.24, 2.45) is 7.05 Å². The predicted octanol–water partition coefficient (Wildman–Crippen LogP) is 3.58. The number of rotatable bonds is 6. The fraction of sp³-hybridized carbons (Fsp3) is 0.421. The van der Waals surface area contributed by atoms with Gasteiger partial charge in [-0.2, -0.15) is 5.10 Å². The molecule has 1 N–H and O–H groups in total. The van der Waals surface area contributed by atoms with E-state index in [4.69, 9.17) is 0 Å². The topological polar surface area (TPSA) is 36.9 Å². The molecular weight excluding hydrogens is 284 g/mol. The summed E-state index contributed by atoms with van der Waals surface area (Å²) in [5, 5.41) is 8.65. The molecule has 0 unspecified atom stereocenters. The molecule has 0 radical (unpaired) electrons. The van der Waals surface area contributed by atoms with Gasteiger partial charge in [0.25, 0.3) is 0 Å². The van der Waals surface area contributed by atoms with Gasteiger partial charge < -0.3 is 9.47 Å². The highest BCUT2D eigenvalue weighted by Crippen LogP contribution is 2.18. The molecule has 0 fully saturated rings. The fourth-order valence-electron chi connectivity index (χ4n) is 3.27. The van der Waals surface area contributed by atoms with Gasteiger partial charge in [0.2, 0.25) is 0 Å². The quantitative estimate of drug-likeness (QED) is 0.755. The molecule has 3 rings (SSSR count). The largest absolute Gasteiger partial charge is 0.351 e. The third-order valence-corrected chi connectivity index (χ3v) is 4.65. The van der Waals surface area contributed by atoms with Crippen molar-refractivity contribution in [2.75, 3.05) is 13.6 Å². The second-order valence-electron chi connectivity index (χ2n) is 6.57. The van der Waals surface area contributed by atoms with Crippen molar-refractivity contribution >= 4 is 10.9 Å². The van der Waals surface area contributed by atoms with E-state index in [-0.39, 0.29) is 0 Å². The van der Waals surface area contributed by atoms with E-state index >= 15 is 0 Å². The van der Waals surface area contributed by atoms with Crippen LogP contribution < -0.4 is 0 Å². The Kier molecular flexibility index (Phi) is 4.53. The molecule has 0 aliphatic rings. The van der Waals surface area contributed by atoms with Crippen LogP contribution in [0.2, 0.25) is 0 Å². The van der Waals surface area contributed by atoms with Gasteiger partial charge in [0.05, 0.1) is 5.69 Å². The van der Waals surface area contributed by atoms with Gasteiger partial charge in [-0.15, -0.1) is 0 Å². The van der Waals surface area contributed by atoms with Crippen LogP contribution in [0.5, 0.6) is 0 Å². The summed E-state index contributed by atoms with van der Waals surface area (Å²) in [7, 11) is 4.30. The summed E-state index contributed by atoms with van der Waals surface area (Å²) in [6, 6.07) is 8.93. The number of aromatic amines is 1. The predicted molar refractivity (Wildman–Crippen MR) is 95.6 cm³/mol. The van der Waals surface area contributed by atoms with Crippen LogP contribution in [0.4, 0.5) is 0 Å². The molecule has 0 aliphatic carbocycles. The third kappa shape index (κ3) is 3.48. The lowest BCUT2D eigenvalue weighted by Gasteiger charge is -2.17. The first-order valence-corrected chi connectivity index (χ1v) is 8.27. The summed E-state index contributed by atoms with van der Waals surface area (Å²) in [6.07, 6.45) is 4.37. The van der Waals surface area contributed by atoms with Gasteiger partial charge in [0.1, 0.15) is 0 Å². The summed E-state index contributed by atoms with van der Waals surface area (Å²) in [5.74, 6) is 0. The SMILES string of the molecule is Cc1n[nH]c(C)c1CCCN(C)Cc1ccc2ccn(C)c2c1. The molecule has 0 spiro atoms. The lowest BCUT2D eigenvalue weighted by atomic mass is 10.1. The lowest BCUT2D eigenvalue weighted by Crippen LogP contribution is -2.19. The molecule has 4 heteroatoms. The van der Waals surface area contributed by atoms with Crippen molar-refractivity contribution in [2.45, 2.75) is 33.2 Å². The van der Waals surface area contributed by atoms with Crippen LogP contribution in [0.15, 0.2) is 30.5 Å². The lowest BCUT2D eigenvalue weighted by molar-refractivity contribution is 0.322. The van der Waals surface area contributed by atoms with E-state index in [0.29, 0.717) is 0 Å². The molecule has 0 aliphatic heterocycles. The van der Waals surface area contributed by atoms with Crippen LogP contribution in [0, 0.1) is 13.8 Å². The average Bonchev–Trinajstić information content (AvgIpc) is 3.04. The first kappa shape index (κ1) is 15.8. The Morgan fingerprint density at radius 1 is 1.22 bits per heavy atom. The second kappa shape index (κ2) is 6.59. The van der Waals surface area contributed by atoms with Gasteiger partial charge in [0.15, 0.2) is 0 Å². The second-order valence-corrected chi connectivity index (χ2v) is 6.57. The van der Waals surface area contributed by atoms with E-state index in [1.54, 1.807) is 0 Å². The van der Waals surface area contributed by atoms with Gasteiger partial charge in [-0.25, -0.2) is 0 Å². The molecular formula is C19H26N4. The van der Waals surface area contributed by atoms with Crippen LogP contribution in [0.25, 0.3) is 10.9 Å². The number of hydrogen-bond donors (Lipinski definition) is 1. The van der Waals surface area contributed by atoms with Gasteiger partial charge in [-0.3, -0.25) is 5.10 Å². The summed E-state index contributed by atoms with van der Waals surface area (Å²) in [5.41, 5.74) is 6.40. The Balaban J connectivity index is 1.56. The molecule has 0 bridgehead atoms. The van der Waals surface area contributed by atoms with Crippen molar-refractivity contribution < 1.29 is 0 Å². The molecule has 1 aromatic carbocycles. The highest BCUT2D eigenvalue weighted by atomic mass is 15.1. The number of benzene rings is 1. The Morgan fingerprint density at radius 3 is 2.78 bits per heavy atom. The summed E-state index contributed by atoms with van der Waals surface area (Å²) in [6.45, 7) is 6.27. The minimum atomic E-state index is 0.991. The van der Waals surface area contributed by atoms with E-state index in [9.17, 15) is 0 Å². The zero-order valence-corrected chi connectivity index (χ0v) is 14.6. The number of nitrogens with one attached hydrogen (secondary N) is 1. The van der Waals surface area contributed by atoms with Gasteiger partial charge in [-0.1, -0.05) is 12.1 Å². The van der Waals surface area contributed by atoms with Crippen molar-refractivity contribution in [3.05, 3.63) is 53.0 Å². The maximum atomic E-state index is 4.27. The fourth-order valence-corrected chi connectivity index (χ4v) is 3.27. The molecule has 122 valence electrons. The van der Waals surface area contributed by atoms with Crippen molar-refractivity contribution in [1.82, 2.24) is 19.7 Å². The Morgan fingerprint density at radius 2 is 2.04 bits per heavy atom. The smallest absolute Gasteiger partial charge is 0.0625 e. The monoisotopic (exact) mass is 310 g/mol. The number of aryl methyl sites for hydroxylation is 3. The standard InChI is InChI=1S/C19H26N4/c1-14-18(15(2)21-20-14)6-5-10-22(3)13-16-7-8-17-9-11-23(4)19(17)12-16/h7-9,11-12H,5-6,10,13H2,1-4H3,(H,20,21). The zero-order valence-electron chi connectivity index (χ0n) is 14.6. The van der Waals surface area contributed by atoms with Crippen molar-refractivity contribution in [3.63, 3.8) is 0 Å². The van der Waals surface area contributed by atoms with Crippen LogP contribution in [-0.2, 0) is 20.0 Å². The van der Waals surface area contributed by atoms with Gasteiger partial charge in [0, 0.05) is 31.0 Å². The molecule has 3 aromatic rings. The normalized spacial score (nSPS) is 11.7. The van der Waals surface area contributed by atoms with E-state index < -0.39 is 0 Å². The highest BCUT2D eigenvalue weighted by molar-refractivity contribution is 5.80. The Labute approximate surface area is 138 Å². The minimum Gasteiger partial charge on any atom is -0.351 e. The maximum Gasteiger partial charge on any atom is 0.0625 e. The minimum absolute atomic E-state index is 0.991. The Bertz CT molecular complexity index is 777. The molecule has 0 saturated heterocycles. The molecule has 23 heavy (non-hydrogen) atoms. The third-order valence-electron chi connectivity index (χ3n) is 4.65. The van der Waals surface area contributed by atoms with Crippen LogP contribution in [-0.4, -0.2) is 33.3 Å². The van der Waals surface area contributed by atoms with E-state index in [1.807, 2.05) is 0 Å². The molecule has 2 heterocycles. The number of hydrogen-bond acceptors (Lipinski definition) is 2. The average molecular weight is 310 g/mol. The molecule has 4 nitrogen and oxygen atoms in total. The zero-order chi connectivity index (χ0) is 16.4. The molecule has 0 amide bonds. The van der Waals surface area contributed by atoms with Crippen LogP contribution >= 0.6 is 0 Å². The first-order valence-electron chi connectivity index (χ1n) is 8.27. The Hall–Kier alpha value is -2.07. The molecule has 0 saturated carbocycles. The van der Waals surface area contributed by atoms with Gasteiger partial charge >= 0.3 is 0 Å². The van der Waals surface area contributed by atoms with Crippen LogP contribution in [0.1, 0.15) is 28.9 Å². The van der Waals surface area contributed by atoms with Gasteiger partial charge in [-0.05, 0) is 68.9 Å². The number of fused-ring (bicyclic) bond motifs is 1. The van der Waals surface area contributed by atoms with Crippen molar-refractivity contribution in [3.8, 4) is 0 Å². The van der Waals surface area contributed by atoms with E-state index in [2.05, 4.69) is 78.1 Å². The summed E-state index contributed by atoms with van der Waals surface area (Å²) < 4.78 is 2.18.